The zero-order valence-electron chi connectivity index (χ0n) is 18.0. The van der Waals surface area contributed by atoms with Gasteiger partial charge >= 0.3 is 5.97 Å². The van der Waals surface area contributed by atoms with Crippen LogP contribution >= 0.6 is 0 Å². The van der Waals surface area contributed by atoms with Gasteiger partial charge in [0, 0.05) is 6.04 Å². The molecule has 3 nitrogen and oxygen atoms in total. The van der Waals surface area contributed by atoms with Gasteiger partial charge in [-0.3, -0.25) is 4.79 Å². The number of ether oxygens (including phenoxy) is 1. The van der Waals surface area contributed by atoms with Crippen LogP contribution in [0.15, 0.2) is 30.3 Å². The Kier molecular flexibility index (Phi) is 7.96. The second-order valence-corrected chi connectivity index (χ2v) is 9.22. The Morgan fingerprint density at radius 1 is 1.21 bits per heavy atom. The largest absolute Gasteiger partial charge is 0.465 e. The zero-order chi connectivity index (χ0) is 19.9. The number of rotatable bonds is 9. The van der Waals surface area contributed by atoms with E-state index in [4.69, 9.17) is 4.74 Å². The molecule has 1 unspecified atom stereocenters. The summed E-state index contributed by atoms with van der Waals surface area (Å²) in [5.41, 5.74) is 1.28. The minimum Gasteiger partial charge on any atom is -0.465 e. The van der Waals surface area contributed by atoms with E-state index in [0.29, 0.717) is 12.6 Å². The van der Waals surface area contributed by atoms with Gasteiger partial charge in [0.05, 0.1) is 6.61 Å². The summed E-state index contributed by atoms with van der Waals surface area (Å²) in [7, 11) is 0. The molecule has 0 aliphatic heterocycles. The van der Waals surface area contributed by atoms with E-state index in [0.717, 1.165) is 36.5 Å². The van der Waals surface area contributed by atoms with Crippen molar-refractivity contribution in [2.75, 3.05) is 6.61 Å². The van der Waals surface area contributed by atoms with Crippen LogP contribution in [-0.2, 0) is 16.0 Å². The van der Waals surface area contributed by atoms with Crippen LogP contribution in [0.25, 0.3) is 0 Å². The smallest absolute Gasteiger partial charge is 0.323 e. The average Bonchev–Trinajstić information content (AvgIpc) is 3.01. The van der Waals surface area contributed by atoms with Crippen LogP contribution < -0.4 is 5.32 Å². The Labute approximate surface area is 171 Å². The van der Waals surface area contributed by atoms with E-state index in [1.54, 1.807) is 0 Å². The quantitative estimate of drug-likeness (QED) is 0.580. The van der Waals surface area contributed by atoms with Gasteiger partial charge in [-0.1, -0.05) is 56.5 Å². The van der Waals surface area contributed by atoms with Crippen LogP contribution in [0.1, 0.15) is 71.3 Å². The number of hydrogen-bond acceptors (Lipinski definition) is 3. The molecule has 1 aromatic rings. The standard InChI is InChI=1S/C25H39NO2/c1-4-28-25(27)24(15-14-20-10-6-5-7-11-20)26-19(3)17-23-18(2)16-21-12-8-9-13-22(21)23/h5-7,10-11,18-19,21-24,26H,4,8-9,12-17H2,1-3H3/t18-,19+,21-,22+,23?,24+/m1/s1. The van der Waals surface area contributed by atoms with Crippen molar-refractivity contribution < 1.29 is 9.53 Å². The molecule has 0 saturated heterocycles. The first kappa shape index (κ1) is 21.4. The minimum atomic E-state index is -0.214. The Morgan fingerprint density at radius 2 is 1.96 bits per heavy atom. The lowest BCUT2D eigenvalue weighted by atomic mass is 9.75. The highest BCUT2D eigenvalue weighted by atomic mass is 16.5. The van der Waals surface area contributed by atoms with Crippen molar-refractivity contribution in [3.8, 4) is 0 Å². The van der Waals surface area contributed by atoms with Crippen LogP contribution in [0, 0.1) is 23.7 Å². The fourth-order valence-corrected chi connectivity index (χ4v) is 5.86. The summed E-state index contributed by atoms with van der Waals surface area (Å²) in [5, 5.41) is 3.64. The molecule has 2 aliphatic carbocycles. The summed E-state index contributed by atoms with van der Waals surface area (Å²) in [6.45, 7) is 7.05. The summed E-state index contributed by atoms with van der Waals surface area (Å²) >= 11 is 0. The van der Waals surface area contributed by atoms with Gasteiger partial charge < -0.3 is 10.1 Å². The third kappa shape index (κ3) is 5.59. The maximum atomic E-state index is 12.5. The number of fused-ring (bicyclic) bond motifs is 1. The fraction of sp³-hybridized carbons (Fsp3) is 0.720. The van der Waals surface area contributed by atoms with Crippen LogP contribution in [0.4, 0.5) is 0 Å². The van der Waals surface area contributed by atoms with Gasteiger partial charge in [-0.05, 0) is 75.2 Å². The molecule has 0 bridgehead atoms. The SMILES string of the molecule is CCOC(=O)[C@H](CCc1ccccc1)N[C@@H](C)CC1[C@H](C)C[C@H]2CCCC[C@H]12. The van der Waals surface area contributed by atoms with Crippen molar-refractivity contribution in [3.63, 3.8) is 0 Å². The molecule has 3 rings (SSSR count). The first-order valence-electron chi connectivity index (χ1n) is 11.5. The maximum Gasteiger partial charge on any atom is 0.323 e. The summed E-state index contributed by atoms with van der Waals surface area (Å²) in [4.78, 5) is 12.5. The molecule has 0 aromatic heterocycles. The molecular weight excluding hydrogens is 346 g/mol. The summed E-state index contributed by atoms with van der Waals surface area (Å²) < 4.78 is 5.37. The van der Waals surface area contributed by atoms with E-state index in [9.17, 15) is 4.79 Å². The molecule has 0 radical (unpaired) electrons. The third-order valence-corrected chi connectivity index (χ3v) is 7.17. The van der Waals surface area contributed by atoms with E-state index in [1.807, 2.05) is 13.0 Å². The zero-order valence-corrected chi connectivity index (χ0v) is 18.0. The monoisotopic (exact) mass is 385 g/mol. The molecule has 0 spiro atoms. The van der Waals surface area contributed by atoms with Gasteiger partial charge in [0.1, 0.15) is 6.04 Å². The van der Waals surface area contributed by atoms with Crippen LogP contribution in [0.3, 0.4) is 0 Å². The van der Waals surface area contributed by atoms with Gasteiger partial charge in [0.2, 0.25) is 0 Å². The number of benzene rings is 1. The summed E-state index contributed by atoms with van der Waals surface area (Å²) in [6.07, 6.45) is 9.99. The molecule has 28 heavy (non-hydrogen) atoms. The Hall–Kier alpha value is -1.35. The first-order chi connectivity index (χ1) is 13.6. The van der Waals surface area contributed by atoms with Crippen molar-refractivity contribution in [3.05, 3.63) is 35.9 Å². The van der Waals surface area contributed by atoms with E-state index < -0.39 is 0 Å². The maximum absolute atomic E-state index is 12.5. The minimum absolute atomic E-state index is 0.0969. The van der Waals surface area contributed by atoms with Crippen LogP contribution in [0.5, 0.6) is 0 Å². The van der Waals surface area contributed by atoms with Crippen molar-refractivity contribution in [2.24, 2.45) is 23.7 Å². The highest BCUT2D eigenvalue weighted by Gasteiger charge is 2.42. The first-order valence-corrected chi connectivity index (χ1v) is 11.5. The van der Waals surface area contributed by atoms with Gasteiger partial charge in [-0.25, -0.2) is 0 Å². The molecule has 2 fully saturated rings. The summed E-state index contributed by atoms with van der Waals surface area (Å²) in [6, 6.07) is 10.6. The highest BCUT2D eigenvalue weighted by Crippen LogP contribution is 2.50. The lowest BCUT2D eigenvalue weighted by Gasteiger charge is -2.32. The highest BCUT2D eigenvalue weighted by molar-refractivity contribution is 5.75. The van der Waals surface area contributed by atoms with Gasteiger partial charge in [0.25, 0.3) is 0 Å². The fourth-order valence-electron chi connectivity index (χ4n) is 5.86. The van der Waals surface area contributed by atoms with Crippen LogP contribution in [0.2, 0.25) is 0 Å². The van der Waals surface area contributed by atoms with E-state index in [-0.39, 0.29) is 12.0 Å². The number of esters is 1. The lowest BCUT2D eigenvalue weighted by Crippen LogP contribution is -2.44. The molecule has 0 amide bonds. The molecule has 0 heterocycles. The Bertz CT molecular complexity index is 602. The second kappa shape index (κ2) is 10.4. The van der Waals surface area contributed by atoms with E-state index in [2.05, 4.69) is 43.4 Å². The van der Waals surface area contributed by atoms with Gasteiger partial charge in [0.15, 0.2) is 0 Å². The van der Waals surface area contributed by atoms with Crippen molar-refractivity contribution >= 4 is 5.97 Å². The molecule has 156 valence electrons. The summed E-state index contributed by atoms with van der Waals surface area (Å²) in [5.74, 6) is 3.41. The van der Waals surface area contributed by atoms with E-state index in [1.165, 1.54) is 44.1 Å². The second-order valence-electron chi connectivity index (χ2n) is 9.22. The van der Waals surface area contributed by atoms with E-state index >= 15 is 0 Å². The molecule has 1 aromatic carbocycles. The average molecular weight is 386 g/mol. The molecule has 3 heteroatoms. The van der Waals surface area contributed by atoms with Crippen molar-refractivity contribution in [1.29, 1.82) is 0 Å². The Morgan fingerprint density at radius 3 is 2.71 bits per heavy atom. The number of hydrogen-bond donors (Lipinski definition) is 1. The predicted octanol–water partition coefficient (Wildman–Crippen LogP) is 5.38. The topological polar surface area (TPSA) is 38.3 Å². The lowest BCUT2D eigenvalue weighted by molar-refractivity contribution is -0.146. The number of carbonyl (C=O) groups is 1. The predicted molar refractivity (Wildman–Crippen MR) is 115 cm³/mol. The van der Waals surface area contributed by atoms with Crippen molar-refractivity contribution in [1.82, 2.24) is 5.32 Å². The van der Waals surface area contributed by atoms with Gasteiger partial charge in [-0.15, -0.1) is 0 Å². The Balaban J connectivity index is 1.57. The van der Waals surface area contributed by atoms with Crippen molar-refractivity contribution in [2.45, 2.75) is 84.2 Å². The normalized spacial score (nSPS) is 29.1. The molecular formula is C25H39NO2. The molecule has 6 atom stereocenters. The van der Waals surface area contributed by atoms with Gasteiger partial charge in [-0.2, -0.15) is 0 Å². The molecule has 2 aliphatic rings. The number of nitrogens with one attached hydrogen (secondary N) is 1. The number of carbonyl (C=O) groups excluding carboxylic acids is 1. The molecule has 1 N–H and O–H groups in total. The van der Waals surface area contributed by atoms with Crippen LogP contribution in [-0.4, -0.2) is 24.7 Å². The third-order valence-electron chi connectivity index (χ3n) is 7.17. The number of aryl methyl sites for hydroxylation is 1. The molecule has 2 saturated carbocycles.